The molecule has 3 rings (SSSR count). The average Bonchev–Trinajstić information content (AvgIpc) is 3.20. The maximum absolute atomic E-state index is 13.0. The Bertz CT molecular complexity index is 1060. The SMILES string of the molecule is COc1ccccc1C(=O)N[C@@H](CCSC)C(=O)Nc1ccc2oc(C(C)C)nc2c1. The lowest BCUT2D eigenvalue weighted by Gasteiger charge is -2.19. The number of amides is 2. The topological polar surface area (TPSA) is 93.5 Å². The molecule has 0 aliphatic carbocycles. The Morgan fingerprint density at radius 1 is 1.19 bits per heavy atom. The van der Waals surface area contributed by atoms with Gasteiger partial charge >= 0.3 is 0 Å². The number of rotatable bonds is 9. The monoisotopic (exact) mass is 441 g/mol. The van der Waals surface area contributed by atoms with Crippen molar-refractivity contribution in [2.75, 3.05) is 24.4 Å². The number of benzene rings is 2. The Morgan fingerprint density at radius 2 is 1.97 bits per heavy atom. The standard InChI is InChI=1S/C23H27N3O4S/c1-14(2)23-26-18-13-15(9-10-20(18)30-23)24-22(28)17(11-12-31-4)25-21(27)16-7-5-6-8-19(16)29-3/h5-10,13-14,17H,11-12H2,1-4H3,(H,24,28)(H,25,27)/t17-/m0/s1. The van der Waals surface area contributed by atoms with E-state index in [0.29, 0.717) is 40.4 Å². The fourth-order valence-electron chi connectivity index (χ4n) is 3.07. The normalized spacial score (nSPS) is 12.0. The number of anilines is 1. The van der Waals surface area contributed by atoms with Crippen molar-refractivity contribution in [1.29, 1.82) is 0 Å². The number of thioether (sulfide) groups is 1. The molecule has 31 heavy (non-hydrogen) atoms. The van der Waals surface area contributed by atoms with Crippen LogP contribution in [-0.4, -0.2) is 42.0 Å². The predicted molar refractivity (Wildman–Crippen MR) is 124 cm³/mol. The molecule has 7 nitrogen and oxygen atoms in total. The van der Waals surface area contributed by atoms with Gasteiger partial charge in [-0.1, -0.05) is 26.0 Å². The average molecular weight is 442 g/mol. The van der Waals surface area contributed by atoms with Crippen LogP contribution in [0.2, 0.25) is 0 Å². The number of ether oxygens (including phenoxy) is 1. The van der Waals surface area contributed by atoms with Gasteiger partial charge in [0.25, 0.3) is 5.91 Å². The van der Waals surface area contributed by atoms with Crippen LogP contribution < -0.4 is 15.4 Å². The van der Waals surface area contributed by atoms with Gasteiger partial charge in [0.15, 0.2) is 11.5 Å². The van der Waals surface area contributed by atoms with E-state index in [1.165, 1.54) is 7.11 Å². The minimum Gasteiger partial charge on any atom is -0.496 e. The van der Waals surface area contributed by atoms with Gasteiger partial charge in [-0.2, -0.15) is 11.8 Å². The van der Waals surface area contributed by atoms with Crippen LogP contribution in [0.3, 0.4) is 0 Å². The molecule has 1 aromatic heterocycles. The summed E-state index contributed by atoms with van der Waals surface area (Å²) in [5, 5.41) is 5.73. The van der Waals surface area contributed by atoms with Gasteiger partial charge in [0.1, 0.15) is 17.3 Å². The number of nitrogens with one attached hydrogen (secondary N) is 2. The number of oxazole rings is 1. The zero-order chi connectivity index (χ0) is 22.4. The van der Waals surface area contributed by atoms with E-state index >= 15 is 0 Å². The fourth-order valence-corrected chi connectivity index (χ4v) is 3.54. The molecule has 3 aromatic rings. The minimum atomic E-state index is -0.691. The molecular weight excluding hydrogens is 414 g/mol. The van der Waals surface area contributed by atoms with Crippen molar-refractivity contribution >= 4 is 40.4 Å². The first-order chi connectivity index (χ1) is 14.9. The van der Waals surface area contributed by atoms with E-state index in [-0.39, 0.29) is 17.7 Å². The second kappa shape index (κ2) is 10.3. The molecule has 0 radical (unpaired) electrons. The van der Waals surface area contributed by atoms with E-state index in [4.69, 9.17) is 9.15 Å². The molecule has 0 spiro atoms. The van der Waals surface area contributed by atoms with Gasteiger partial charge in [-0.05, 0) is 48.8 Å². The van der Waals surface area contributed by atoms with E-state index in [0.717, 1.165) is 5.75 Å². The number of fused-ring (bicyclic) bond motifs is 1. The van der Waals surface area contributed by atoms with Gasteiger partial charge in [-0.25, -0.2) is 4.98 Å². The number of hydrogen-bond donors (Lipinski definition) is 2. The van der Waals surface area contributed by atoms with Crippen LogP contribution >= 0.6 is 11.8 Å². The van der Waals surface area contributed by atoms with Crippen LogP contribution in [0, 0.1) is 0 Å². The van der Waals surface area contributed by atoms with Gasteiger partial charge in [-0.3, -0.25) is 9.59 Å². The summed E-state index contributed by atoms with van der Waals surface area (Å²) in [7, 11) is 1.51. The molecule has 164 valence electrons. The zero-order valence-corrected chi connectivity index (χ0v) is 18.9. The van der Waals surface area contributed by atoms with Crippen molar-refractivity contribution in [3.63, 3.8) is 0 Å². The summed E-state index contributed by atoms with van der Waals surface area (Å²) in [5.41, 5.74) is 2.34. The number of hydrogen-bond acceptors (Lipinski definition) is 6. The summed E-state index contributed by atoms with van der Waals surface area (Å²) in [6.45, 7) is 4.02. The van der Waals surface area contributed by atoms with Crippen LogP contribution in [0.4, 0.5) is 5.69 Å². The van der Waals surface area contributed by atoms with Crippen molar-refractivity contribution < 1.29 is 18.7 Å². The van der Waals surface area contributed by atoms with Gasteiger partial charge in [0.05, 0.1) is 12.7 Å². The van der Waals surface area contributed by atoms with Gasteiger partial charge < -0.3 is 19.8 Å². The molecule has 1 heterocycles. The first-order valence-electron chi connectivity index (χ1n) is 10.1. The number of carbonyl (C=O) groups excluding carboxylic acids is 2. The van der Waals surface area contributed by atoms with E-state index in [2.05, 4.69) is 15.6 Å². The molecular formula is C23H27N3O4S. The van der Waals surface area contributed by atoms with Crippen molar-refractivity contribution in [1.82, 2.24) is 10.3 Å². The van der Waals surface area contributed by atoms with Crippen molar-refractivity contribution in [3.8, 4) is 5.75 Å². The molecule has 8 heteroatoms. The lowest BCUT2D eigenvalue weighted by atomic mass is 10.1. The lowest BCUT2D eigenvalue weighted by Crippen LogP contribution is -2.44. The number of aromatic nitrogens is 1. The first-order valence-corrected chi connectivity index (χ1v) is 11.5. The Balaban J connectivity index is 1.76. The summed E-state index contributed by atoms with van der Waals surface area (Å²) in [6, 6.07) is 11.6. The maximum atomic E-state index is 13.0. The smallest absolute Gasteiger partial charge is 0.255 e. The molecule has 1 atom stereocenters. The highest BCUT2D eigenvalue weighted by Gasteiger charge is 2.23. The largest absolute Gasteiger partial charge is 0.496 e. The molecule has 0 saturated heterocycles. The van der Waals surface area contributed by atoms with E-state index in [9.17, 15) is 9.59 Å². The van der Waals surface area contributed by atoms with Crippen molar-refractivity contribution in [3.05, 3.63) is 53.9 Å². The van der Waals surface area contributed by atoms with Crippen LogP contribution in [0.25, 0.3) is 11.1 Å². The molecule has 2 amide bonds. The second-order valence-electron chi connectivity index (χ2n) is 7.39. The van der Waals surface area contributed by atoms with E-state index in [1.807, 2.05) is 20.1 Å². The fraction of sp³-hybridized carbons (Fsp3) is 0.348. The van der Waals surface area contributed by atoms with Gasteiger partial charge in [0.2, 0.25) is 5.91 Å². The number of nitrogens with zero attached hydrogens (tertiary/aromatic N) is 1. The number of para-hydroxylation sites is 1. The molecule has 0 unspecified atom stereocenters. The predicted octanol–water partition coefficient (Wildman–Crippen LogP) is 4.45. The van der Waals surface area contributed by atoms with Crippen LogP contribution in [0.15, 0.2) is 46.9 Å². The Morgan fingerprint density at radius 3 is 2.68 bits per heavy atom. The third-order valence-corrected chi connectivity index (χ3v) is 5.39. The van der Waals surface area contributed by atoms with E-state index in [1.54, 1.807) is 54.2 Å². The Kier molecular flexibility index (Phi) is 7.57. The lowest BCUT2D eigenvalue weighted by molar-refractivity contribution is -0.118. The third kappa shape index (κ3) is 5.58. The summed E-state index contributed by atoms with van der Waals surface area (Å²) in [5.74, 6) is 1.37. The van der Waals surface area contributed by atoms with Crippen LogP contribution in [0.1, 0.15) is 42.4 Å². The summed E-state index contributed by atoms with van der Waals surface area (Å²) >= 11 is 1.61. The highest BCUT2D eigenvalue weighted by Crippen LogP contribution is 2.24. The summed E-state index contributed by atoms with van der Waals surface area (Å²) in [6.07, 6.45) is 2.46. The maximum Gasteiger partial charge on any atom is 0.255 e. The molecule has 0 fully saturated rings. The Labute approximate surface area is 185 Å². The van der Waals surface area contributed by atoms with Gasteiger partial charge in [-0.15, -0.1) is 0 Å². The first kappa shape index (κ1) is 22.7. The summed E-state index contributed by atoms with van der Waals surface area (Å²) < 4.78 is 11.0. The summed E-state index contributed by atoms with van der Waals surface area (Å²) in [4.78, 5) is 30.3. The molecule has 2 aromatic carbocycles. The molecule has 0 bridgehead atoms. The van der Waals surface area contributed by atoms with Gasteiger partial charge in [0, 0.05) is 11.6 Å². The second-order valence-corrected chi connectivity index (χ2v) is 8.37. The van der Waals surface area contributed by atoms with Crippen LogP contribution in [-0.2, 0) is 4.79 Å². The number of methoxy groups -OCH3 is 1. The van der Waals surface area contributed by atoms with Crippen molar-refractivity contribution in [2.24, 2.45) is 0 Å². The van der Waals surface area contributed by atoms with Crippen LogP contribution in [0.5, 0.6) is 5.75 Å². The molecule has 0 saturated carbocycles. The highest BCUT2D eigenvalue weighted by atomic mass is 32.2. The van der Waals surface area contributed by atoms with Crippen molar-refractivity contribution in [2.45, 2.75) is 32.2 Å². The number of carbonyl (C=O) groups is 2. The quantitative estimate of drug-likeness (QED) is 0.510. The molecule has 0 aliphatic rings. The molecule has 0 aliphatic heterocycles. The zero-order valence-electron chi connectivity index (χ0n) is 18.1. The highest BCUT2D eigenvalue weighted by molar-refractivity contribution is 7.98. The minimum absolute atomic E-state index is 0.173. The Hall–Kier alpha value is -3.00. The molecule has 2 N–H and O–H groups in total. The van der Waals surface area contributed by atoms with E-state index < -0.39 is 6.04 Å². The third-order valence-electron chi connectivity index (χ3n) is 4.75.